The van der Waals surface area contributed by atoms with Gasteiger partial charge in [0.25, 0.3) is 0 Å². The summed E-state index contributed by atoms with van der Waals surface area (Å²) in [7, 11) is 0. The topological polar surface area (TPSA) is 32.3 Å². The molecule has 0 spiro atoms. The van der Waals surface area contributed by atoms with Crippen LogP contribution < -0.4 is 10.2 Å². The maximum absolute atomic E-state index is 11.9. The summed E-state index contributed by atoms with van der Waals surface area (Å²) in [5.41, 5.74) is 1.28. The molecule has 3 nitrogen and oxygen atoms in total. The first-order valence-electron chi connectivity index (χ1n) is 7.44. The van der Waals surface area contributed by atoms with Crippen molar-refractivity contribution in [2.45, 2.75) is 38.1 Å². The molecule has 3 rings (SSSR count). The van der Waals surface area contributed by atoms with E-state index in [1.165, 1.54) is 24.9 Å². The van der Waals surface area contributed by atoms with Crippen molar-refractivity contribution in [3.8, 4) is 0 Å². The maximum atomic E-state index is 11.9. The van der Waals surface area contributed by atoms with Gasteiger partial charge < -0.3 is 10.2 Å². The van der Waals surface area contributed by atoms with E-state index in [1.54, 1.807) is 0 Å². The molecule has 3 heteroatoms. The van der Waals surface area contributed by atoms with Gasteiger partial charge in [-0.25, -0.2) is 0 Å². The van der Waals surface area contributed by atoms with Crippen LogP contribution in [0.4, 0.5) is 5.69 Å². The summed E-state index contributed by atoms with van der Waals surface area (Å²) in [4.78, 5) is 14.3. The maximum Gasteiger partial charge on any atom is 0.223 e. The van der Waals surface area contributed by atoms with Crippen LogP contribution in [0.3, 0.4) is 0 Å². The Hall–Kier alpha value is -1.51. The van der Waals surface area contributed by atoms with E-state index in [1.807, 2.05) is 6.07 Å². The third-order valence-electron chi connectivity index (χ3n) is 4.45. The Kier molecular flexibility index (Phi) is 3.72. The molecule has 2 fully saturated rings. The Morgan fingerprint density at radius 2 is 1.95 bits per heavy atom. The van der Waals surface area contributed by atoms with Crippen molar-refractivity contribution >= 4 is 11.6 Å². The van der Waals surface area contributed by atoms with E-state index in [4.69, 9.17) is 0 Å². The van der Waals surface area contributed by atoms with Crippen molar-refractivity contribution in [1.82, 2.24) is 5.32 Å². The first-order valence-corrected chi connectivity index (χ1v) is 7.44. The first kappa shape index (κ1) is 12.5. The minimum atomic E-state index is 0.270. The van der Waals surface area contributed by atoms with Crippen LogP contribution in [0.2, 0.25) is 0 Å². The van der Waals surface area contributed by atoms with E-state index >= 15 is 0 Å². The predicted octanol–water partition coefficient (Wildman–Crippen LogP) is 2.57. The van der Waals surface area contributed by atoms with E-state index in [-0.39, 0.29) is 5.91 Å². The highest BCUT2D eigenvalue weighted by molar-refractivity contribution is 5.79. The summed E-state index contributed by atoms with van der Waals surface area (Å²) < 4.78 is 0. The van der Waals surface area contributed by atoms with Crippen molar-refractivity contribution in [3.63, 3.8) is 0 Å². The molecule has 1 amide bonds. The molecular weight excluding hydrogens is 236 g/mol. The van der Waals surface area contributed by atoms with Gasteiger partial charge in [0, 0.05) is 30.7 Å². The van der Waals surface area contributed by atoms with Crippen LogP contribution in [-0.4, -0.2) is 25.0 Å². The molecule has 0 aromatic heterocycles. The fourth-order valence-electron chi connectivity index (χ4n) is 3.04. The monoisotopic (exact) mass is 258 g/mol. The Morgan fingerprint density at radius 3 is 2.63 bits per heavy atom. The molecule has 1 aliphatic carbocycles. The van der Waals surface area contributed by atoms with Gasteiger partial charge in [-0.3, -0.25) is 4.79 Å². The summed E-state index contributed by atoms with van der Waals surface area (Å²) in [6, 6.07) is 11.0. The molecule has 19 heavy (non-hydrogen) atoms. The van der Waals surface area contributed by atoms with Crippen molar-refractivity contribution in [2.24, 2.45) is 5.92 Å². The largest absolute Gasteiger partial charge is 0.367 e. The number of hydrogen-bond acceptors (Lipinski definition) is 2. The summed E-state index contributed by atoms with van der Waals surface area (Å²) in [5, 5.41) is 3.15. The molecule has 0 unspecified atom stereocenters. The van der Waals surface area contributed by atoms with E-state index in [0.717, 1.165) is 25.9 Å². The number of nitrogens with one attached hydrogen (secondary N) is 1. The summed E-state index contributed by atoms with van der Waals surface area (Å²) in [5.74, 6) is 0.567. The lowest BCUT2D eigenvalue weighted by Crippen LogP contribution is -2.43. The number of benzene rings is 1. The first-order chi connectivity index (χ1) is 9.34. The van der Waals surface area contributed by atoms with E-state index in [0.29, 0.717) is 12.0 Å². The van der Waals surface area contributed by atoms with Crippen molar-refractivity contribution in [3.05, 3.63) is 30.3 Å². The average molecular weight is 258 g/mol. The SMILES string of the molecule is O=C(NC[C@@H]1CCCN1c1ccccc1)C1CCC1. The van der Waals surface area contributed by atoms with Crippen LogP contribution in [0.25, 0.3) is 0 Å². The molecule has 1 N–H and O–H groups in total. The Labute approximate surface area is 115 Å². The van der Waals surface area contributed by atoms with Gasteiger partial charge in [0.2, 0.25) is 5.91 Å². The third kappa shape index (κ3) is 2.75. The molecule has 1 heterocycles. The quantitative estimate of drug-likeness (QED) is 0.900. The fraction of sp³-hybridized carbons (Fsp3) is 0.562. The van der Waals surface area contributed by atoms with Gasteiger partial charge in [-0.15, -0.1) is 0 Å². The smallest absolute Gasteiger partial charge is 0.223 e. The highest BCUT2D eigenvalue weighted by Crippen LogP contribution is 2.27. The molecule has 1 aromatic carbocycles. The second kappa shape index (κ2) is 5.64. The zero-order valence-corrected chi connectivity index (χ0v) is 11.3. The summed E-state index contributed by atoms with van der Waals surface area (Å²) in [6.45, 7) is 1.90. The minimum absolute atomic E-state index is 0.270. The fourth-order valence-corrected chi connectivity index (χ4v) is 3.04. The minimum Gasteiger partial charge on any atom is -0.367 e. The van der Waals surface area contributed by atoms with Gasteiger partial charge in [0.05, 0.1) is 0 Å². The van der Waals surface area contributed by atoms with Gasteiger partial charge in [-0.2, -0.15) is 0 Å². The van der Waals surface area contributed by atoms with Gasteiger partial charge >= 0.3 is 0 Å². The molecule has 0 bridgehead atoms. The standard InChI is InChI=1S/C16H22N2O/c19-16(13-6-4-7-13)17-12-15-10-5-11-18(15)14-8-2-1-3-9-14/h1-3,8-9,13,15H,4-7,10-12H2,(H,17,19)/t15-/m0/s1. The van der Waals surface area contributed by atoms with Gasteiger partial charge in [-0.05, 0) is 37.8 Å². The lowest BCUT2D eigenvalue weighted by Gasteiger charge is -2.29. The number of rotatable bonds is 4. The molecule has 1 aromatic rings. The Morgan fingerprint density at radius 1 is 1.16 bits per heavy atom. The molecule has 0 radical (unpaired) electrons. The second-order valence-corrected chi connectivity index (χ2v) is 5.70. The molecule has 1 saturated carbocycles. The lowest BCUT2D eigenvalue weighted by atomic mass is 9.85. The molecule has 1 atom stereocenters. The second-order valence-electron chi connectivity index (χ2n) is 5.70. The van der Waals surface area contributed by atoms with Gasteiger partial charge in [-0.1, -0.05) is 24.6 Å². The van der Waals surface area contributed by atoms with Crippen LogP contribution in [-0.2, 0) is 4.79 Å². The average Bonchev–Trinajstić information content (AvgIpc) is 2.83. The third-order valence-corrected chi connectivity index (χ3v) is 4.45. The lowest BCUT2D eigenvalue weighted by molar-refractivity contribution is -0.127. The number of nitrogens with zero attached hydrogens (tertiary/aromatic N) is 1. The van der Waals surface area contributed by atoms with Gasteiger partial charge in [0.1, 0.15) is 0 Å². The molecule has 1 aliphatic heterocycles. The highest BCUT2D eigenvalue weighted by atomic mass is 16.1. The normalized spacial score (nSPS) is 23.2. The molecule has 1 saturated heterocycles. The van der Waals surface area contributed by atoms with Crippen LogP contribution in [0.5, 0.6) is 0 Å². The molecule has 102 valence electrons. The number of amides is 1. The van der Waals surface area contributed by atoms with Crippen LogP contribution in [0.1, 0.15) is 32.1 Å². The molecule has 2 aliphatic rings. The number of carbonyl (C=O) groups excluding carboxylic acids is 1. The highest BCUT2D eigenvalue weighted by Gasteiger charge is 2.28. The Balaban J connectivity index is 1.56. The van der Waals surface area contributed by atoms with Gasteiger partial charge in [0.15, 0.2) is 0 Å². The number of carbonyl (C=O) groups is 1. The van der Waals surface area contributed by atoms with Crippen molar-refractivity contribution in [2.75, 3.05) is 18.0 Å². The molecular formula is C16H22N2O. The van der Waals surface area contributed by atoms with E-state index in [2.05, 4.69) is 34.5 Å². The number of anilines is 1. The van der Waals surface area contributed by atoms with Crippen LogP contribution in [0, 0.1) is 5.92 Å². The zero-order valence-electron chi connectivity index (χ0n) is 11.3. The van der Waals surface area contributed by atoms with Crippen molar-refractivity contribution < 1.29 is 4.79 Å². The Bertz CT molecular complexity index is 428. The van der Waals surface area contributed by atoms with Crippen LogP contribution in [0.15, 0.2) is 30.3 Å². The predicted molar refractivity (Wildman–Crippen MR) is 77.2 cm³/mol. The van der Waals surface area contributed by atoms with Crippen molar-refractivity contribution in [1.29, 1.82) is 0 Å². The van der Waals surface area contributed by atoms with Crippen LogP contribution >= 0.6 is 0 Å². The summed E-state index contributed by atoms with van der Waals surface area (Å²) >= 11 is 0. The number of para-hydroxylation sites is 1. The van der Waals surface area contributed by atoms with E-state index < -0.39 is 0 Å². The number of hydrogen-bond donors (Lipinski definition) is 1. The van der Waals surface area contributed by atoms with E-state index in [9.17, 15) is 4.79 Å². The zero-order chi connectivity index (χ0) is 13.1. The summed E-state index contributed by atoms with van der Waals surface area (Å²) in [6.07, 6.45) is 5.79.